The van der Waals surface area contributed by atoms with Crippen molar-refractivity contribution in [1.82, 2.24) is 4.98 Å². The second kappa shape index (κ2) is 10.8. The van der Waals surface area contributed by atoms with Gasteiger partial charge in [-0.15, -0.1) is 0 Å². The van der Waals surface area contributed by atoms with Gasteiger partial charge in [-0.25, -0.2) is 0 Å². The van der Waals surface area contributed by atoms with Crippen LogP contribution in [-0.2, 0) is 0 Å². The topological polar surface area (TPSA) is 16.1 Å². The van der Waals surface area contributed by atoms with Crippen molar-refractivity contribution in [2.24, 2.45) is 0 Å². The molecule has 0 fully saturated rings. The van der Waals surface area contributed by atoms with Crippen LogP contribution >= 0.6 is 0 Å². The lowest BCUT2D eigenvalue weighted by Gasteiger charge is -2.10. The fourth-order valence-electron chi connectivity index (χ4n) is 0.642. The molecular weight excluding hydrogens is 180 g/mol. The number of aromatic nitrogens is 1. The van der Waals surface area contributed by atoms with Gasteiger partial charge in [0.1, 0.15) is 0 Å². The van der Waals surface area contributed by atoms with Crippen molar-refractivity contribution in [2.75, 3.05) is 19.0 Å². The molecule has 0 unspecified atom stereocenters. The first-order valence-corrected chi connectivity index (χ1v) is 2.88. The zero-order valence-electron chi connectivity index (χ0n) is 7.51. The van der Waals surface area contributed by atoms with E-state index in [0.717, 1.165) is 0 Å². The van der Waals surface area contributed by atoms with Gasteiger partial charge in [-0.1, -0.05) is 0 Å². The van der Waals surface area contributed by atoms with Crippen molar-refractivity contribution >= 4 is 14.1 Å². The minimum absolute atomic E-state index is 0. The zero-order valence-corrected chi connectivity index (χ0v) is 7.51. The molecule has 2 nitrogen and oxygen atoms in total. The molecule has 0 aliphatic carbocycles. The monoisotopic (exact) mass is 193 g/mol. The molecule has 1 aromatic heterocycles. The van der Waals surface area contributed by atoms with E-state index in [9.17, 15) is 0 Å². The first-order valence-electron chi connectivity index (χ1n) is 2.88. The van der Waals surface area contributed by atoms with Crippen LogP contribution in [0, 0.1) is 0 Å². The number of hydrogen-bond donors (Lipinski definition) is 0. The molecule has 0 saturated heterocycles. The van der Waals surface area contributed by atoms with Gasteiger partial charge in [0.15, 0.2) is 0 Å². The van der Waals surface area contributed by atoms with E-state index < -0.39 is 0 Å². The Bertz CT molecular complexity index is 184. The van der Waals surface area contributed by atoms with Crippen LogP contribution in [0.15, 0.2) is 24.5 Å². The number of hydrogen-bond acceptors (Lipinski definition) is 2. The molecule has 1 heterocycles. The van der Waals surface area contributed by atoms with Crippen molar-refractivity contribution in [3.05, 3.63) is 24.5 Å². The third-order valence-electron chi connectivity index (χ3n) is 1.18. The first kappa shape index (κ1) is 22.6. The average molecular weight is 193 g/mol. The van der Waals surface area contributed by atoms with E-state index in [1.54, 1.807) is 12.4 Å². The molecular formula is C7H13BF3N2. The number of anilines is 1. The minimum Gasteiger partial charge on any atom is -0.378 e. The Kier molecular flexibility index (Phi) is 18.8. The normalized spacial score (nSPS) is 6.31. The summed E-state index contributed by atoms with van der Waals surface area (Å²) in [4.78, 5) is 5.94. The Morgan fingerprint density at radius 3 is 1.62 bits per heavy atom. The highest BCUT2D eigenvalue weighted by molar-refractivity contribution is 5.75. The summed E-state index contributed by atoms with van der Waals surface area (Å²) in [5, 5.41) is 0. The van der Waals surface area contributed by atoms with Crippen molar-refractivity contribution in [3.8, 4) is 0 Å². The summed E-state index contributed by atoms with van der Waals surface area (Å²) in [7, 11) is 4.02. The predicted octanol–water partition coefficient (Wildman–Crippen LogP) is 1.22. The van der Waals surface area contributed by atoms with Gasteiger partial charge in [0, 0.05) is 40.6 Å². The molecule has 0 N–H and O–H groups in total. The van der Waals surface area contributed by atoms with Crippen LogP contribution in [0.1, 0.15) is 0 Å². The van der Waals surface area contributed by atoms with E-state index in [-0.39, 0.29) is 22.5 Å². The van der Waals surface area contributed by atoms with Gasteiger partial charge in [0.05, 0.1) is 0 Å². The number of halogens is 3. The van der Waals surface area contributed by atoms with Gasteiger partial charge in [0.25, 0.3) is 0 Å². The molecule has 6 heteroatoms. The van der Waals surface area contributed by atoms with Crippen molar-refractivity contribution in [3.63, 3.8) is 0 Å². The van der Waals surface area contributed by atoms with Crippen LogP contribution in [0.5, 0.6) is 0 Å². The summed E-state index contributed by atoms with van der Waals surface area (Å²) in [6.07, 6.45) is 3.57. The molecule has 3 radical (unpaired) electrons. The van der Waals surface area contributed by atoms with E-state index in [0.29, 0.717) is 0 Å². The highest BCUT2D eigenvalue weighted by atomic mass is 19.0. The maximum absolute atomic E-state index is 3.90. The largest absolute Gasteiger partial charge is 0.378 e. The van der Waals surface area contributed by atoms with Gasteiger partial charge in [-0.05, 0) is 12.1 Å². The van der Waals surface area contributed by atoms with Crippen LogP contribution in [0.25, 0.3) is 0 Å². The van der Waals surface area contributed by atoms with E-state index in [4.69, 9.17) is 0 Å². The summed E-state index contributed by atoms with van der Waals surface area (Å²) >= 11 is 0. The lowest BCUT2D eigenvalue weighted by molar-refractivity contribution is 1.11. The van der Waals surface area contributed by atoms with E-state index in [1.165, 1.54) is 5.69 Å². The van der Waals surface area contributed by atoms with Crippen molar-refractivity contribution < 1.29 is 14.1 Å². The molecule has 13 heavy (non-hydrogen) atoms. The molecule has 0 aliphatic rings. The third-order valence-corrected chi connectivity index (χ3v) is 1.18. The van der Waals surface area contributed by atoms with E-state index in [2.05, 4.69) is 4.98 Å². The molecule has 1 rings (SSSR count). The molecule has 0 amide bonds. The lowest BCUT2D eigenvalue weighted by Crippen LogP contribution is -2.07. The Morgan fingerprint density at radius 2 is 1.38 bits per heavy atom. The smallest absolute Gasteiger partial charge is 0.0391 e. The summed E-state index contributed by atoms with van der Waals surface area (Å²) in [6.45, 7) is 0. The average Bonchev–Trinajstić information content (AvgIpc) is 1.90. The second-order valence-electron chi connectivity index (χ2n) is 2.10. The predicted molar refractivity (Wildman–Crippen MR) is 51.8 cm³/mol. The standard InChI is InChI=1S/C7H10N2.B.3FH/c1-9(2)7-3-5-8-6-4-7;;;;/h3-6H,1-2H3;;3*1H. The Balaban J connectivity index is -0.000000101. The van der Waals surface area contributed by atoms with Crippen LogP contribution in [0.2, 0.25) is 0 Å². The van der Waals surface area contributed by atoms with Gasteiger partial charge in [0.2, 0.25) is 0 Å². The quantitative estimate of drug-likeness (QED) is 0.623. The molecule has 0 atom stereocenters. The van der Waals surface area contributed by atoms with Gasteiger partial charge in [-0.2, -0.15) is 0 Å². The van der Waals surface area contributed by atoms with Gasteiger partial charge >= 0.3 is 0 Å². The number of rotatable bonds is 1. The molecule has 0 aromatic carbocycles. The molecule has 0 aliphatic heterocycles. The van der Waals surface area contributed by atoms with Crippen LogP contribution in [0.3, 0.4) is 0 Å². The fraction of sp³-hybridized carbons (Fsp3) is 0.286. The lowest BCUT2D eigenvalue weighted by atomic mass is 10.4. The van der Waals surface area contributed by atoms with Gasteiger partial charge in [-0.3, -0.25) is 19.1 Å². The molecule has 1 aromatic rings. The zero-order chi connectivity index (χ0) is 6.69. The van der Waals surface area contributed by atoms with Crippen LogP contribution in [-0.4, -0.2) is 27.5 Å². The fourth-order valence-corrected chi connectivity index (χ4v) is 0.642. The summed E-state index contributed by atoms with van der Waals surface area (Å²) < 4.78 is 0. The number of nitrogens with zero attached hydrogens (tertiary/aromatic N) is 2. The van der Waals surface area contributed by atoms with Gasteiger partial charge < -0.3 is 4.90 Å². The molecule has 0 spiro atoms. The SMILES string of the molecule is CN(C)c1ccncc1.F.F.F.[B]. The minimum atomic E-state index is 0. The van der Waals surface area contributed by atoms with Crippen molar-refractivity contribution in [2.45, 2.75) is 0 Å². The third kappa shape index (κ3) is 7.18. The van der Waals surface area contributed by atoms with Crippen molar-refractivity contribution in [1.29, 1.82) is 0 Å². The highest BCUT2D eigenvalue weighted by Gasteiger charge is 1.88. The van der Waals surface area contributed by atoms with Crippen LogP contribution in [0.4, 0.5) is 19.8 Å². The Labute approximate surface area is 77.6 Å². The summed E-state index contributed by atoms with van der Waals surface area (Å²) in [5.74, 6) is 0. The Morgan fingerprint density at radius 1 is 1.00 bits per heavy atom. The molecule has 0 saturated carbocycles. The molecule has 75 valence electrons. The van der Waals surface area contributed by atoms with E-state index in [1.807, 2.05) is 31.1 Å². The Hall–Kier alpha value is -1.20. The second-order valence-corrected chi connectivity index (χ2v) is 2.10. The molecule has 0 bridgehead atoms. The maximum atomic E-state index is 3.90. The summed E-state index contributed by atoms with van der Waals surface area (Å²) in [5.41, 5.74) is 1.19. The maximum Gasteiger partial charge on any atom is 0.0391 e. The van der Waals surface area contributed by atoms with Crippen LogP contribution < -0.4 is 4.90 Å². The highest BCUT2D eigenvalue weighted by Crippen LogP contribution is 2.05. The van der Waals surface area contributed by atoms with E-state index >= 15 is 0 Å². The number of pyridine rings is 1. The summed E-state index contributed by atoms with van der Waals surface area (Å²) in [6, 6.07) is 3.94. The first-order chi connectivity index (χ1) is 4.30.